The van der Waals surface area contributed by atoms with Gasteiger partial charge in [0.2, 0.25) is 0 Å². The number of nitrogens with one attached hydrogen (secondary N) is 1. The van der Waals surface area contributed by atoms with Gasteiger partial charge in [-0.2, -0.15) is 0 Å². The van der Waals surface area contributed by atoms with Crippen LogP contribution in [-0.2, 0) is 0 Å². The third-order valence-electron chi connectivity index (χ3n) is 4.44. The van der Waals surface area contributed by atoms with E-state index in [4.69, 9.17) is 5.11 Å². The summed E-state index contributed by atoms with van der Waals surface area (Å²) < 4.78 is 27.3. The Labute approximate surface area is 148 Å². The van der Waals surface area contributed by atoms with Gasteiger partial charge >= 0.3 is 6.09 Å². The van der Waals surface area contributed by atoms with Gasteiger partial charge in [-0.15, -0.1) is 0 Å². The largest absolute Gasteiger partial charge is 0.465 e. The normalized spacial score (nSPS) is 19.4. The van der Waals surface area contributed by atoms with Gasteiger partial charge in [0, 0.05) is 37.1 Å². The summed E-state index contributed by atoms with van der Waals surface area (Å²) in [6.07, 6.45) is 2.84. The molecule has 6 nitrogen and oxygen atoms in total. The second kappa shape index (κ2) is 6.70. The zero-order valence-corrected chi connectivity index (χ0v) is 14.0. The molecule has 1 saturated heterocycles. The molecule has 1 amide bonds. The molecule has 0 aliphatic carbocycles. The van der Waals surface area contributed by atoms with Crippen LogP contribution in [0.5, 0.6) is 0 Å². The maximum absolute atomic E-state index is 13.7. The van der Waals surface area contributed by atoms with E-state index in [2.05, 4.69) is 10.3 Å². The minimum atomic E-state index is -1.13. The van der Waals surface area contributed by atoms with E-state index in [-0.39, 0.29) is 11.1 Å². The molecule has 1 aromatic carbocycles. The first-order valence-electron chi connectivity index (χ1n) is 7.97. The molecule has 0 bridgehead atoms. The standard InChI is InChI=1S/C18H17F2N3O3/c1-18(22-17(25)26)2-3-23(10-18)16-12(9-24)7-21-8-15(16)11-4-13(19)6-14(20)5-11/h4-9,22H,2-3,10H2,1H3,(H,25,26)/t18-/m0/s1. The SMILES string of the molecule is C[C@]1(NC(=O)O)CCN(c2c(C=O)cncc2-c2cc(F)cc(F)c2)C1. The summed E-state index contributed by atoms with van der Waals surface area (Å²) in [6.45, 7) is 2.56. The summed E-state index contributed by atoms with van der Waals surface area (Å²) in [6, 6.07) is 3.11. The van der Waals surface area contributed by atoms with Gasteiger partial charge in [-0.25, -0.2) is 13.6 Å². The van der Waals surface area contributed by atoms with Gasteiger partial charge in [-0.3, -0.25) is 9.78 Å². The molecule has 1 atom stereocenters. The predicted molar refractivity (Wildman–Crippen MR) is 91.4 cm³/mol. The minimum Gasteiger partial charge on any atom is -0.465 e. The van der Waals surface area contributed by atoms with E-state index < -0.39 is 23.3 Å². The highest BCUT2D eigenvalue weighted by Gasteiger charge is 2.37. The van der Waals surface area contributed by atoms with Gasteiger partial charge in [0.25, 0.3) is 0 Å². The van der Waals surface area contributed by atoms with Crippen molar-refractivity contribution in [3.63, 3.8) is 0 Å². The minimum absolute atomic E-state index is 0.258. The van der Waals surface area contributed by atoms with Crippen LogP contribution in [0.1, 0.15) is 23.7 Å². The Balaban J connectivity index is 2.07. The number of pyridine rings is 1. The van der Waals surface area contributed by atoms with E-state index in [0.717, 1.165) is 6.07 Å². The molecule has 2 heterocycles. The number of carbonyl (C=O) groups excluding carboxylic acids is 1. The highest BCUT2D eigenvalue weighted by molar-refractivity contribution is 5.92. The second-order valence-electron chi connectivity index (χ2n) is 6.56. The van der Waals surface area contributed by atoms with Gasteiger partial charge in [-0.05, 0) is 31.0 Å². The molecule has 0 radical (unpaired) electrons. The fraction of sp³-hybridized carbons (Fsp3) is 0.278. The van der Waals surface area contributed by atoms with Crippen LogP contribution in [0.25, 0.3) is 11.1 Å². The Kier molecular flexibility index (Phi) is 4.58. The fourth-order valence-electron chi connectivity index (χ4n) is 3.34. The highest BCUT2D eigenvalue weighted by atomic mass is 19.1. The monoisotopic (exact) mass is 361 g/mol. The molecular weight excluding hydrogens is 344 g/mol. The third-order valence-corrected chi connectivity index (χ3v) is 4.44. The van der Waals surface area contributed by atoms with Crippen molar-refractivity contribution in [1.82, 2.24) is 10.3 Å². The van der Waals surface area contributed by atoms with Gasteiger partial charge in [0.15, 0.2) is 6.29 Å². The van der Waals surface area contributed by atoms with Crippen molar-refractivity contribution in [3.8, 4) is 11.1 Å². The summed E-state index contributed by atoms with van der Waals surface area (Å²) in [5, 5.41) is 11.5. The number of anilines is 1. The van der Waals surface area contributed by atoms with Crippen LogP contribution in [0.2, 0.25) is 0 Å². The van der Waals surface area contributed by atoms with E-state index in [1.54, 1.807) is 6.92 Å². The summed E-state index contributed by atoms with van der Waals surface area (Å²) in [5.74, 6) is -1.47. The van der Waals surface area contributed by atoms with Crippen LogP contribution in [0.4, 0.5) is 19.3 Å². The zero-order chi connectivity index (χ0) is 18.9. The van der Waals surface area contributed by atoms with Crippen molar-refractivity contribution >= 4 is 18.1 Å². The Morgan fingerprint density at radius 2 is 2.00 bits per heavy atom. The number of nitrogens with zero attached hydrogens (tertiary/aromatic N) is 2. The predicted octanol–water partition coefficient (Wildman–Crippen LogP) is 3.08. The average Bonchev–Trinajstić information content (AvgIpc) is 2.93. The first-order valence-corrected chi connectivity index (χ1v) is 7.97. The highest BCUT2D eigenvalue weighted by Crippen LogP contribution is 2.37. The average molecular weight is 361 g/mol. The van der Waals surface area contributed by atoms with E-state index >= 15 is 0 Å². The molecule has 8 heteroatoms. The smallest absolute Gasteiger partial charge is 0.405 e. The molecular formula is C18H17F2N3O3. The van der Waals surface area contributed by atoms with Crippen LogP contribution >= 0.6 is 0 Å². The molecule has 1 aromatic heterocycles. The molecule has 0 unspecified atom stereocenters. The summed E-state index contributed by atoms with van der Waals surface area (Å²) in [7, 11) is 0. The summed E-state index contributed by atoms with van der Waals surface area (Å²) in [4.78, 5) is 28.4. The van der Waals surface area contributed by atoms with Crippen molar-refractivity contribution < 1.29 is 23.5 Å². The number of amides is 1. The lowest BCUT2D eigenvalue weighted by Crippen LogP contribution is -2.47. The van der Waals surface area contributed by atoms with Crippen LogP contribution in [0.3, 0.4) is 0 Å². The number of carbonyl (C=O) groups is 2. The van der Waals surface area contributed by atoms with Crippen molar-refractivity contribution in [2.75, 3.05) is 18.0 Å². The topological polar surface area (TPSA) is 82.5 Å². The van der Waals surface area contributed by atoms with Crippen molar-refractivity contribution in [2.24, 2.45) is 0 Å². The lowest BCUT2D eigenvalue weighted by molar-refractivity contribution is 0.112. The number of hydrogen-bond donors (Lipinski definition) is 2. The van der Waals surface area contributed by atoms with Crippen LogP contribution in [0, 0.1) is 11.6 Å². The van der Waals surface area contributed by atoms with Gasteiger partial charge < -0.3 is 15.3 Å². The van der Waals surface area contributed by atoms with E-state index in [9.17, 15) is 18.4 Å². The molecule has 0 saturated carbocycles. The molecule has 26 heavy (non-hydrogen) atoms. The Morgan fingerprint density at radius 1 is 1.31 bits per heavy atom. The number of aromatic nitrogens is 1. The maximum Gasteiger partial charge on any atom is 0.405 e. The molecule has 1 aliphatic rings. The molecule has 2 aromatic rings. The number of rotatable bonds is 4. The molecule has 1 fully saturated rings. The molecule has 136 valence electrons. The molecule has 1 aliphatic heterocycles. The number of benzene rings is 1. The third kappa shape index (κ3) is 3.49. The lowest BCUT2D eigenvalue weighted by Gasteiger charge is -2.27. The number of aldehydes is 1. The molecule has 2 N–H and O–H groups in total. The first-order chi connectivity index (χ1) is 12.3. The van der Waals surface area contributed by atoms with E-state index in [0.29, 0.717) is 37.0 Å². The second-order valence-corrected chi connectivity index (χ2v) is 6.56. The Morgan fingerprint density at radius 3 is 2.62 bits per heavy atom. The van der Waals surface area contributed by atoms with Gasteiger partial charge in [0.05, 0.1) is 16.8 Å². The van der Waals surface area contributed by atoms with E-state index in [1.807, 2.05) is 4.90 Å². The summed E-state index contributed by atoms with van der Waals surface area (Å²) in [5.41, 5.74) is 0.725. The van der Waals surface area contributed by atoms with Crippen LogP contribution < -0.4 is 10.2 Å². The fourth-order valence-corrected chi connectivity index (χ4v) is 3.34. The zero-order valence-electron chi connectivity index (χ0n) is 14.0. The first kappa shape index (κ1) is 17.8. The molecule has 3 rings (SSSR count). The van der Waals surface area contributed by atoms with Crippen molar-refractivity contribution in [1.29, 1.82) is 0 Å². The maximum atomic E-state index is 13.7. The van der Waals surface area contributed by atoms with Gasteiger partial charge in [0.1, 0.15) is 11.6 Å². The van der Waals surface area contributed by atoms with Gasteiger partial charge in [-0.1, -0.05) is 0 Å². The summed E-state index contributed by atoms with van der Waals surface area (Å²) >= 11 is 0. The number of carboxylic acid groups (broad SMARTS) is 1. The van der Waals surface area contributed by atoms with Crippen LogP contribution in [0.15, 0.2) is 30.6 Å². The van der Waals surface area contributed by atoms with Crippen molar-refractivity contribution in [3.05, 3.63) is 47.8 Å². The van der Waals surface area contributed by atoms with Crippen LogP contribution in [-0.4, -0.2) is 41.1 Å². The van der Waals surface area contributed by atoms with Crippen molar-refractivity contribution in [2.45, 2.75) is 18.9 Å². The number of halogens is 2. The quantitative estimate of drug-likeness (QED) is 0.818. The number of hydrogen-bond acceptors (Lipinski definition) is 4. The Hall–Kier alpha value is -3.03. The van der Waals surface area contributed by atoms with E-state index in [1.165, 1.54) is 24.5 Å². The Bertz CT molecular complexity index is 855. The molecule has 0 spiro atoms. The lowest BCUT2D eigenvalue weighted by atomic mass is 10.0.